The lowest BCUT2D eigenvalue weighted by Crippen LogP contribution is -2.33. The molecule has 1 heterocycles. The molecular weight excluding hydrogens is 310 g/mol. The first-order chi connectivity index (χ1) is 9.95. The normalized spacial score (nSPS) is 20.8. The number of sulfonamides is 1. The number of carbonyl (C=O) groups excluding carboxylic acids is 1. The van der Waals surface area contributed by atoms with Gasteiger partial charge in [-0.25, -0.2) is 13.2 Å². The Morgan fingerprint density at radius 1 is 1.38 bits per heavy atom. The minimum atomic E-state index is -3.56. The second-order valence-electron chi connectivity index (χ2n) is 4.89. The van der Waals surface area contributed by atoms with E-state index in [2.05, 4.69) is 11.7 Å². The third kappa shape index (κ3) is 3.78. The Bertz CT molecular complexity index is 615. The third-order valence-electron chi connectivity index (χ3n) is 3.42. The Labute approximate surface area is 129 Å². The lowest BCUT2D eigenvalue weighted by Gasteiger charge is -2.20. The Hall–Kier alpha value is -1.05. The number of benzene rings is 1. The molecule has 116 valence electrons. The second kappa shape index (κ2) is 6.81. The van der Waals surface area contributed by atoms with E-state index < -0.39 is 16.0 Å². The zero-order chi connectivity index (χ0) is 15.5. The van der Waals surface area contributed by atoms with Crippen LogP contribution in [0.1, 0.15) is 23.7 Å². The molecule has 0 aromatic heterocycles. The molecule has 0 spiro atoms. The third-order valence-corrected chi connectivity index (χ3v) is 6.54. The highest BCUT2D eigenvalue weighted by Gasteiger charge is 2.27. The predicted octanol–water partition coefficient (Wildman–Crippen LogP) is 1.99. The summed E-state index contributed by atoms with van der Waals surface area (Å²) in [7, 11) is -2.29. The molecule has 0 radical (unpaired) electrons. The van der Waals surface area contributed by atoms with Crippen LogP contribution in [0.3, 0.4) is 0 Å². The maximum Gasteiger partial charge on any atom is 0.337 e. The standard InChI is InChI=1S/C14H19NO4S2/c1-11-6-7-15(8-9-20-11)21(17,18)13-5-3-4-12(10-13)14(16)19-2/h3-5,10-11H,6-9H2,1-2H3/t11-/m1/s1. The van der Waals surface area contributed by atoms with E-state index in [-0.39, 0.29) is 10.5 Å². The molecule has 2 rings (SSSR count). The Morgan fingerprint density at radius 3 is 2.86 bits per heavy atom. The second-order valence-corrected chi connectivity index (χ2v) is 8.38. The van der Waals surface area contributed by atoms with Crippen LogP contribution >= 0.6 is 11.8 Å². The van der Waals surface area contributed by atoms with Crippen molar-refractivity contribution in [3.63, 3.8) is 0 Å². The number of hydrogen-bond acceptors (Lipinski definition) is 5. The molecular formula is C14H19NO4S2. The molecule has 0 amide bonds. The lowest BCUT2D eigenvalue weighted by molar-refractivity contribution is 0.0600. The summed E-state index contributed by atoms with van der Waals surface area (Å²) in [5.41, 5.74) is 0.246. The van der Waals surface area contributed by atoms with Crippen LogP contribution in [0.25, 0.3) is 0 Å². The molecule has 1 aromatic carbocycles. The molecule has 0 aliphatic carbocycles. The first-order valence-corrected chi connectivity index (χ1v) is 9.24. The van der Waals surface area contributed by atoms with Crippen LogP contribution in [0.2, 0.25) is 0 Å². The van der Waals surface area contributed by atoms with Gasteiger partial charge in [-0.2, -0.15) is 16.1 Å². The molecule has 0 unspecified atom stereocenters. The molecule has 1 fully saturated rings. The minimum Gasteiger partial charge on any atom is -0.465 e. The molecule has 1 aliphatic heterocycles. The number of carbonyl (C=O) groups is 1. The van der Waals surface area contributed by atoms with Gasteiger partial charge >= 0.3 is 5.97 Å². The van der Waals surface area contributed by atoms with Gasteiger partial charge in [0.1, 0.15) is 0 Å². The highest BCUT2D eigenvalue weighted by atomic mass is 32.2. The van der Waals surface area contributed by atoms with Crippen molar-refractivity contribution in [2.24, 2.45) is 0 Å². The quantitative estimate of drug-likeness (QED) is 0.794. The summed E-state index contributed by atoms with van der Waals surface area (Å²) in [4.78, 5) is 11.7. The van der Waals surface area contributed by atoms with Gasteiger partial charge in [-0.05, 0) is 24.6 Å². The van der Waals surface area contributed by atoms with Gasteiger partial charge in [0.25, 0.3) is 0 Å². The van der Waals surface area contributed by atoms with E-state index in [1.807, 2.05) is 0 Å². The van der Waals surface area contributed by atoms with Crippen molar-refractivity contribution in [2.45, 2.75) is 23.5 Å². The fourth-order valence-electron chi connectivity index (χ4n) is 2.17. The van der Waals surface area contributed by atoms with Gasteiger partial charge < -0.3 is 4.74 Å². The summed E-state index contributed by atoms with van der Waals surface area (Å²) >= 11 is 1.79. The first-order valence-electron chi connectivity index (χ1n) is 6.75. The van der Waals surface area contributed by atoms with E-state index in [1.165, 1.54) is 23.5 Å². The van der Waals surface area contributed by atoms with Crippen LogP contribution in [0.4, 0.5) is 0 Å². The molecule has 0 N–H and O–H groups in total. The minimum absolute atomic E-state index is 0.143. The van der Waals surface area contributed by atoms with Gasteiger partial charge in [-0.3, -0.25) is 0 Å². The largest absolute Gasteiger partial charge is 0.465 e. The summed E-state index contributed by atoms with van der Waals surface area (Å²) < 4.78 is 31.5. The molecule has 1 aliphatic rings. The molecule has 1 atom stereocenters. The Balaban J connectivity index is 2.28. The van der Waals surface area contributed by atoms with Crippen molar-refractivity contribution in [2.75, 3.05) is 26.0 Å². The van der Waals surface area contributed by atoms with Crippen molar-refractivity contribution < 1.29 is 17.9 Å². The van der Waals surface area contributed by atoms with Crippen LogP contribution in [0.15, 0.2) is 29.2 Å². The van der Waals surface area contributed by atoms with E-state index in [0.29, 0.717) is 18.3 Å². The zero-order valence-corrected chi connectivity index (χ0v) is 13.7. The summed E-state index contributed by atoms with van der Waals surface area (Å²) in [5, 5.41) is 0.464. The highest BCUT2D eigenvalue weighted by Crippen LogP contribution is 2.24. The van der Waals surface area contributed by atoms with Crippen molar-refractivity contribution >= 4 is 27.8 Å². The van der Waals surface area contributed by atoms with Gasteiger partial charge in [-0.1, -0.05) is 13.0 Å². The number of esters is 1. The zero-order valence-electron chi connectivity index (χ0n) is 12.1. The van der Waals surface area contributed by atoms with Crippen LogP contribution < -0.4 is 0 Å². The summed E-state index contributed by atoms with van der Waals surface area (Å²) in [6.45, 7) is 3.12. The summed E-state index contributed by atoms with van der Waals surface area (Å²) in [5.74, 6) is 0.254. The maximum absolute atomic E-state index is 12.7. The van der Waals surface area contributed by atoms with Crippen LogP contribution in [-0.2, 0) is 14.8 Å². The smallest absolute Gasteiger partial charge is 0.337 e. The van der Waals surface area contributed by atoms with Crippen LogP contribution in [-0.4, -0.2) is 49.9 Å². The van der Waals surface area contributed by atoms with E-state index >= 15 is 0 Å². The van der Waals surface area contributed by atoms with Crippen molar-refractivity contribution in [3.05, 3.63) is 29.8 Å². The average Bonchev–Trinajstić information content (AvgIpc) is 2.71. The average molecular weight is 329 g/mol. The van der Waals surface area contributed by atoms with Crippen LogP contribution in [0.5, 0.6) is 0 Å². The molecule has 1 aromatic rings. The van der Waals surface area contributed by atoms with Crippen molar-refractivity contribution in [3.8, 4) is 0 Å². The molecule has 0 saturated carbocycles. The van der Waals surface area contributed by atoms with E-state index in [1.54, 1.807) is 23.9 Å². The van der Waals surface area contributed by atoms with E-state index in [9.17, 15) is 13.2 Å². The molecule has 5 nitrogen and oxygen atoms in total. The fourth-order valence-corrected chi connectivity index (χ4v) is 4.79. The Kier molecular flexibility index (Phi) is 5.29. The maximum atomic E-state index is 12.7. The monoisotopic (exact) mass is 329 g/mol. The molecule has 21 heavy (non-hydrogen) atoms. The predicted molar refractivity (Wildman–Crippen MR) is 83.1 cm³/mol. The SMILES string of the molecule is COC(=O)c1cccc(S(=O)(=O)N2CCS[C@H](C)CC2)c1. The molecule has 1 saturated heterocycles. The number of methoxy groups -OCH3 is 1. The summed E-state index contributed by atoms with van der Waals surface area (Å²) in [6, 6.07) is 6.01. The van der Waals surface area contributed by atoms with Gasteiger partial charge in [0.05, 0.1) is 17.6 Å². The van der Waals surface area contributed by atoms with Gasteiger partial charge in [0.2, 0.25) is 10.0 Å². The number of thioether (sulfide) groups is 1. The van der Waals surface area contributed by atoms with Crippen molar-refractivity contribution in [1.82, 2.24) is 4.31 Å². The van der Waals surface area contributed by atoms with Crippen molar-refractivity contribution in [1.29, 1.82) is 0 Å². The summed E-state index contributed by atoms with van der Waals surface area (Å²) in [6.07, 6.45) is 0.834. The molecule has 0 bridgehead atoms. The van der Waals surface area contributed by atoms with E-state index in [0.717, 1.165) is 12.2 Å². The molecule has 7 heteroatoms. The van der Waals surface area contributed by atoms with Gasteiger partial charge in [0, 0.05) is 24.1 Å². The highest BCUT2D eigenvalue weighted by molar-refractivity contribution is 8.00. The van der Waals surface area contributed by atoms with Crippen LogP contribution in [0, 0.1) is 0 Å². The fraction of sp³-hybridized carbons (Fsp3) is 0.500. The Morgan fingerprint density at radius 2 is 2.14 bits per heavy atom. The van der Waals surface area contributed by atoms with Gasteiger partial charge in [-0.15, -0.1) is 0 Å². The first kappa shape index (κ1) is 16.3. The topological polar surface area (TPSA) is 63.7 Å². The lowest BCUT2D eigenvalue weighted by atomic mass is 10.2. The van der Waals surface area contributed by atoms with Gasteiger partial charge in [0.15, 0.2) is 0 Å². The number of ether oxygens (including phenoxy) is 1. The van der Waals surface area contributed by atoms with E-state index in [4.69, 9.17) is 0 Å². The number of hydrogen-bond donors (Lipinski definition) is 0. The number of nitrogens with zero attached hydrogens (tertiary/aromatic N) is 1. The number of rotatable bonds is 3.